The summed E-state index contributed by atoms with van der Waals surface area (Å²) in [5.74, 6) is -1.41. The molecule has 2 aliphatic heterocycles. The van der Waals surface area contributed by atoms with Gasteiger partial charge in [0.25, 0.3) is 0 Å². The van der Waals surface area contributed by atoms with Crippen LogP contribution in [0.4, 0.5) is 0 Å². The summed E-state index contributed by atoms with van der Waals surface area (Å²) in [5, 5.41) is 42.0. The van der Waals surface area contributed by atoms with Gasteiger partial charge in [-0.05, 0) is 55.7 Å². The number of rotatable bonds is 4. The fourth-order valence-corrected chi connectivity index (χ4v) is 4.33. The molecule has 2 fully saturated rings. The minimum absolute atomic E-state index is 0.0422. The van der Waals surface area contributed by atoms with Crippen LogP contribution in [0.2, 0.25) is 5.02 Å². The Morgan fingerprint density at radius 3 is 2.48 bits per heavy atom. The summed E-state index contributed by atoms with van der Waals surface area (Å²) in [6.07, 6.45) is -1.87. The standard InChI is InChI=1S/C22H25ClO6/c1-20(2,27)21-11-18(25)19(26)22(29-21,28-12-21)15-5-8-17(23)14(10-15)9-13-3-6-16(24)7-4-13/h3-8,10,18-19,24-27H,9,11-12H2,1-2H3/t18-,19+,21+,22-/m0/s1. The molecule has 4 N–H and O–H groups in total. The summed E-state index contributed by atoms with van der Waals surface area (Å²) < 4.78 is 12.2. The maximum absolute atomic E-state index is 10.8. The summed E-state index contributed by atoms with van der Waals surface area (Å²) in [4.78, 5) is 0. The SMILES string of the molecule is CC(C)(O)[C@@]12CO[C@@](c3ccc(Cl)c(Cc4ccc(O)cc4)c3)(O1)[C@H](O)[C@@H](O)C2. The first kappa shape index (κ1) is 20.6. The summed E-state index contributed by atoms with van der Waals surface area (Å²) in [5.41, 5.74) is -0.167. The lowest BCUT2D eigenvalue weighted by Crippen LogP contribution is -2.62. The molecule has 2 heterocycles. The van der Waals surface area contributed by atoms with Crippen molar-refractivity contribution in [3.8, 4) is 5.75 Å². The Hall–Kier alpha value is -1.67. The number of ether oxygens (including phenoxy) is 2. The first-order valence-electron chi connectivity index (χ1n) is 9.56. The molecule has 0 spiro atoms. The Balaban J connectivity index is 1.73. The highest BCUT2D eigenvalue weighted by atomic mass is 35.5. The highest BCUT2D eigenvalue weighted by molar-refractivity contribution is 6.31. The monoisotopic (exact) mass is 420 g/mol. The summed E-state index contributed by atoms with van der Waals surface area (Å²) in [6.45, 7) is 3.25. The van der Waals surface area contributed by atoms with Crippen LogP contribution in [0.25, 0.3) is 0 Å². The van der Waals surface area contributed by atoms with Gasteiger partial charge in [0.15, 0.2) is 0 Å². The van der Waals surface area contributed by atoms with E-state index in [1.807, 2.05) is 0 Å². The van der Waals surface area contributed by atoms with Crippen molar-refractivity contribution in [3.63, 3.8) is 0 Å². The van der Waals surface area contributed by atoms with Crippen LogP contribution in [0, 0.1) is 0 Å². The minimum Gasteiger partial charge on any atom is -0.508 e. The van der Waals surface area contributed by atoms with Gasteiger partial charge in [0.1, 0.15) is 17.5 Å². The van der Waals surface area contributed by atoms with Crippen LogP contribution in [0.15, 0.2) is 42.5 Å². The maximum Gasteiger partial charge on any atom is 0.225 e. The smallest absolute Gasteiger partial charge is 0.225 e. The van der Waals surface area contributed by atoms with Gasteiger partial charge < -0.3 is 29.9 Å². The second-order valence-electron chi connectivity index (χ2n) is 8.48. The third-order valence-corrected chi connectivity index (χ3v) is 6.42. The molecular weight excluding hydrogens is 396 g/mol. The van der Waals surface area contributed by atoms with Crippen LogP contribution in [-0.2, 0) is 21.7 Å². The molecule has 0 saturated carbocycles. The molecule has 2 saturated heterocycles. The minimum atomic E-state index is -1.59. The Bertz CT molecular complexity index is 909. The van der Waals surface area contributed by atoms with Crippen LogP contribution in [0.1, 0.15) is 37.0 Å². The van der Waals surface area contributed by atoms with Gasteiger partial charge in [-0.25, -0.2) is 0 Å². The van der Waals surface area contributed by atoms with Gasteiger partial charge in [0.05, 0.1) is 18.3 Å². The third-order valence-electron chi connectivity index (χ3n) is 6.05. The lowest BCUT2D eigenvalue weighted by atomic mass is 9.77. The summed E-state index contributed by atoms with van der Waals surface area (Å²) >= 11 is 6.40. The summed E-state index contributed by atoms with van der Waals surface area (Å²) in [6, 6.07) is 12.0. The predicted octanol–water partition coefficient (Wildman–Crippen LogP) is 2.47. The van der Waals surface area contributed by atoms with Crippen molar-refractivity contribution in [2.24, 2.45) is 0 Å². The second-order valence-corrected chi connectivity index (χ2v) is 8.88. The van der Waals surface area contributed by atoms with Gasteiger partial charge in [0.2, 0.25) is 5.79 Å². The van der Waals surface area contributed by atoms with Crippen molar-refractivity contribution >= 4 is 11.6 Å². The Labute approximate surface area is 174 Å². The number of hydrogen-bond acceptors (Lipinski definition) is 6. The molecule has 2 aliphatic rings. The quantitative estimate of drug-likeness (QED) is 0.606. The van der Waals surface area contributed by atoms with E-state index >= 15 is 0 Å². The zero-order chi connectivity index (χ0) is 21.0. The van der Waals surface area contributed by atoms with E-state index in [-0.39, 0.29) is 18.8 Å². The molecule has 2 bridgehead atoms. The average Bonchev–Trinajstić information content (AvgIpc) is 3.01. The van der Waals surface area contributed by atoms with E-state index < -0.39 is 29.2 Å². The fraction of sp³-hybridized carbons (Fsp3) is 0.455. The molecule has 0 unspecified atom stereocenters. The number of aliphatic hydroxyl groups is 3. The van der Waals surface area contributed by atoms with E-state index in [2.05, 4.69) is 0 Å². The van der Waals surface area contributed by atoms with Gasteiger partial charge in [-0.15, -0.1) is 0 Å². The largest absolute Gasteiger partial charge is 0.508 e. The van der Waals surface area contributed by atoms with E-state index in [0.29, 0.717) is 17.0 Å². The van der Waals surface area contributed by atoms with Crippen molar-refractivity contribution in [1.29, 1.82) is 0 Å². The van der Waals surface area contributed by atoms with E-state index in [1.165, 1.54) is 0 Å². The topological polar surface area (TPSA) is 99.4 Å². The maximum atomic E-state index is 10.8. The molecule has 0 radical (unpaired) electrons. The molecule has 4 rings (SSSR count). The van der Waals surface area contributed by atoms with Gasteiger partial charge in [-0.1, -0.05) is 29.8 Å². The number of fused-ring (bicyclic) bond motifs is 2. The molecule has 29 heavy (non-hydrogen) atoms. The lowest BCUT2D eigenvalue weighted by Gasteiger charge is -2.48. The molecule has 2 aromatic carbocycles. The van der Waals surface area contributed by atoms with E-state index in [0.717, 1.165) is 11.1 Å². The number of halogens is 1. The van der Waals surface area contributed by atoms with Gasteiger partial charge in [0, 0.05) is 17.0 Å². The van der Waals surface area contributed by atoms with Crippen molar-refractivity contribution < 1.29 is 29.9 Å². The first-order valence-corrected chi connectivity index (χ1v) is 9.94. The number of benzene rings is 2. The van der Waals surface area contributed by atoms with Crippen LogP contribution < -0.4 is 0 Å². The molecular formula is C22H25ClO6. The van der Waals surface area contributed by atoms with Gasteiger partial charge >= 0.3 is 0 Å². The van der Waals surface area contributed by atoms with Gasteiger partial charge in [-0.3, -0.25) is 0 Å². The average molecular weight is 421 g/mol. The highest BCUT2D eigenvalue weighted by Gasteiger charge is 2.66. The number of hydrogen-bond donors (Lipinski definition) is 4. The van der Waals surface area contributed by atoms with Crippen molar-refractivity contribution in [3.05, 3.63) is 64.2 Å². The van der Waals surface area contributed by atoms with Crippen molar-refractivity contribution in [2.75, 3.05) is 6.61 Å². The number of aliphatic hydroxyl groups excluding tert-OH is 2. The summed E-state index contributed by atoms with van der Waals surface area (Å²) in [7, 11) is 0. The molecule has 2 aromatic rings. The van der Waals surface area contributed by atoms with Crippen LogP contribution in [-0.4, -0.2) is 50.4 Å². The zero-order valence-electron chi connectivity index (χ0n) is 16.3. The first-order chi connectivity index (χ1) is 13.6. The zero-order valence-corrected chi connectivity index (χ0v) is 17.1. The van der Waals surface area contributed by atoms with E-state index in [1.54, 1.807) is 56.3 Å². The lowest BCUT2D eigenvalue weighted by molar-refractivity contribution is -0.319. The molecule has 0 aliphatic carbocycles. The third kappa shape index (κ3) is 3.34. The van der Waals surface area contributed by atoms with E-state index in [9.17, 15) is 20.4 Å². The van der Waals surface area contributed by atoms with Crippen molar-refractivity contribution in [2.45, 2.75) is 55.9 Å². The Kier molecular flexibility index (Phi) is 4.93. The van der Waals surface area contributed by atoms with E-state index in [4.69, 9.17) is 21.1 Å². The molecule has 4 atom stereocenters. The molecule has 156 valence electrons. The van der Waals surface area contributed by atoms with Crippen LogP contribution in [0.3, 0.4) is 0 Å². The number of aromatic hydroxyl groups is 1. The molecule has 0 aromatic heterocycles. The Morgan fingerprint density at radius 2 is 1.83 bits per heavy atom. The normalized spacial score (nSPS) is 31.8. The second kappa shape index (κ2) is 6.94. The molecule has 7 heteroatoms. The number of phenols is 1. The van der Waals surface area contributed by atoms with Crippen LogP contribution >= 0.6 is 11.6 Å². The molecule has 6 nitrogen and oxygen atoms in total. The predicted molar refractivity (Wildman–Crippen MR) is 107 cm³/mol. The fourth-order valence-electron chi connectivity index (χ4n) is 4.15. The van der Waals surface area contributed by atoms with Gasteiger partial charge in [-0.2, -0.15) is 0 Å². The highest BCUT2D eigenvalue weighted by Crippen LogP contribution is 2.53. The number of phenolic OH excluding ortho intramolecular Hbond substituents is 1. The molecule has 0 amide bonds. The van der Waals surface area contributed by atoms with Crippen LogP contribution in [0.5, 0.6) is 5.75 Å². The van der Waals surface area contributed by atoms with Crippen molar-refractivity contribution in [1.82, 2.24) is 0 Å². The Morgan fingerprint density at radius 1 is 1.14 bits per heavy atom.